The van der Waals surface area contributed by atoms with Crippen LogP contribution in [0.2, 0.25) is 0 Å². The van der Waals surface area contributed by atoms with Gasteiger partial charge < -0.3 is 20.5 Å². The molecular formula is C21H29N5O. The number of amidine groups is 1. The minimum absolute atomic E-state index is 0.108. The summed E-state index contributed by atoms with van der Waals surface area (Å²) in [7, 11) is 4.05. The Morgan fingerprint density at radius 2 is 2.00 bits per heavy atom. The lowest BCUT2D eigenvalue weighted by atomic mass is 9.95. The predicted octanol–water partition coefficient (Wildman–Crippen LogP) is 3.62. The SMILES string of the molecule is CN(C)Cc1cccc(NC(=N)c2c(NC3CCCCC3)cc[nH]c2=O)c1. The van der Waals surface area contributed by atoms with Gasteiger partial charge in [-0.25, -0.2) is 0 Å². The third-order valence-electron chi connectivity index (χ3n) is 4.87. The van der Waals surface area contributed by atoms with Crippen LogP contribution < -0.4 is 16.2 Å². The summed E-state index contributed by atoms with van der Waals surface area (Å²) in [6.07, 6.45) is 7.57. The monoisotopic (exact) mass is 367 g/mol. The average molecular weight is 367 g/mol. The van der Waals surface area contributed by atoms with Gasteiger partial charge in [-0.05, 0) is 50.7 Å². The van der Waals surface area contributed by atoms with Gasteiger partial charge in [0.2, 0.25) is 0 Å². The molecule has 4 N–H and O–H groups in total. The number of hydrogen-bond donors (Lipinski definition) is 4. The lowest BCUT2D eigenvalue weighted by molar-refractivity contribution is 0.402. The zero-order valence-electron chi connectivity index (χ0n) is 16.1. The summed E-state index contributed by atoms with van der Waals surface area (Å²) >= 11 is 0. The molecule has 27 heavy (non-hydrogen) atoms. The highest BCUT2D eigenvalue weighted by Gasteiger charge is 2.18. The largest absolute Gasteiger partial charge is 0.382 e. The van der Waals surface area contributed by atoms with Gasteiger partial charge in [0, 0.05) is 24.5 Å². The first-order valence-electron chi connectivity index (χ1n) is 9.61. The second-order valence-electron chi connectivity index (χ2n) is 7.51. The highest BCUT2D eigenvalue weighted by atomic mass is 16.1. The van der Waals surface area contributed by atoms with Crippen molar-refractivity contribution in [2.24, 2.45) is 0 Å². The van der Waals surface area contributed by atoms with E-state index in [4.69, 9.17) is 5.41 Å². The summed E-state index contributed by atoms with van der Waals surface area (Å²) in [4.78, 5) is 17.2. The molecule has 0 unspecified atom stereocenters. The fraction of sp³-hybridized carbons (Fsp3) is 0.429. The molecule has 0 aliphatic heterocycles. The summed E-state index contributed by atoms with van der Waals surface area (Å²) < 4.78 is 0. The Balaban J connectivity index is 1.79. The Hall–Kier alpha value is -2.60. The van der Waals surface area contributed by atoms with Gasteiger partial charge in [-0.15, -0.1) is 0 Å². The molecule has 1 aliphatic carbocycles. The number of H-pyrrole nitrogens is 1. The Kier molecular flexibility index (Phi) is 6.29. The minimum atomic E-state index is -0.252. The molecule has 144 valence electrons. The van der Waals surface area contributed by atoms with Crippen LogP contribution in [0.25, 0.3) is 0 Å². The lowest BCUT2D eigenvalue weighted by Gasteiger charge is -2.25. The van der Waals surface area contributed by atoms with Crippen molar-refractivity contribution in [2.75, 3.05) is 24.7 Å². The Morgan fingerprint density at radius 3 is 2.74 bits per heavy atom. The van der Waals surface area contributed by atoms with Gasteiger partial charge in [0.05, 0.1) is 5.69 Å². The maximum absolute atomic E-state index is 12.4. The maximum atomic E-state index is 12.4. The number of pyridine rings is 1. The Bertz CT molecular complexity index is 836. The molecule has 3 rings (SSSR count). The number of aromatic amines is 1. The molecule has 1 aliphatic rings. The van der Waals surface area contributed by atoms with E-state index in [1.807, 2.05) is 38.4 Å². The zero-order chi connectivity index (χ0) is 19.2. The van der Waals surface area contributed by atoms with Crippen molar-refractivity contribution in [3.8, 4) is 0 Å². The molecule has 6 nitrogen and oxygen atoms in total. The normalized spacial score (nSPS) is 14.9. The topological polar surface area (TPSA) is 84.0 Å². The molecular weight excluding hydrogens is 338 g/mol. The molecule has 1 heterocycles. The molecule has 2 aromatic rings. The Labute approximate surface area is 160 Å². The summed E-state index contributed by atoms with van der Waals surface area (Å²) in [6.45, 7) is 0.823. The van der Waals surface area contributed by atoms with E-state index in [2.05, 4.69) is 26.6 Å². The van der Waals surface area contributed by atoms with E-state index in [9.17, 15) is 4.79 Å². The Morgan fingerprint density at radius 1 is 1.22 bits per heavy atom. The van der Waals surface area contributed by atoms with Crippen molar-refractivity contribution >= 4 is 17.2 Å². The molecule has 6 heteroatoms. The predicted molar refractivity (Wildman–Crippen MR) is 112 cm³/mol. The van der Waals surface area contributed by atoms with Crippen LogP contribution in [0.5, 0.6) is 0 Å². The molecule has 0 amide bonds. The second kappa shape index (κ2) is 8.86. The molecule has 0 radical (unpaired) electrons. The summed E-state index contributed by atoms with van der Waals surface area (Å²) in [5.74, 6) is 0.108. The van der Waals surface area contributed by atoms with Crippen LogP contribution in [0.15, 0.2) is 41.3 Å². The van der Waals surface area contributed by atoms with Crippen LogP contribution in [0.4, 0.5) is 11.4 Å². The smallest absolute Gasteiger partial charge is 0.261 e. The zero-order valence-corrected chi connectivity index (χ0v) is 16.1. The number of rotatable bonds is 6. The molecule has 1 fully saturated rings. The van der Waals surface area contributed by atoms with Crippen molar-refractivity contribution in [2.45, 2.75) is 44.7 Å². The molecule has 1 saturated carbocycles. The van der Waals surface area contributed by atoms with Crippen molar-refractivity contribution in [3.63, 3.8) is 0 Å². The van der Waals surface area contributed by atoms with Crippen LogP contribution in [0, 0.1) is 5.41 Å². The van der Waals surface area contributed by atoms with Gasteiger partial charge in [0.15, 0.2) is 0 Å². The van der Waals surface area contributed by atoms with Crippen LogP contribution in [0.1, 0.15) is 43.2 Å². The second-order valence-corrected chi connectivity index (χ2v) is 7.51. The number of nitrogens with zero attached hydrogens (tertiary/aromatic N) is 1. The first kappa shape index (κ1) is 19.2. The van der Waals surface area contributed by atoms with E-state index in [0.717, 1.165) is 36.3 Å². The van der Waals surface area contributed by atoms with Gasteiger partial charge in [-0.3, -0.25) is 10.2 Å². The van der Waals surface area contributed by atoms with E-state index >= 15 is 0 Å². The third-order valence-corrected chi connectivity index (χ3v) is 4.87. The summed E-state index contributed by atoms with van der Waals surface area (Å²) in [5.41, 5.74) is 2.80. The fourth-order valence-electron chi connectivity index (χ4n) is 3.63. The minimum Gasteiger partial charge on any atom is -0.382 e. The maximum Gasteiger partial charge on any atom is 0.261 e. The van der Waals surface area contributed by atoms with Crippen molar-refractivity contribution in [3.05, 3.63) is 58.0 Å². The summed E-state index contributed by atoms with van der Waals surface area (Å²) in [6, 6.07) is 10.2. The van der Waals surface area contributed by atoms with E-state index in [1.54, 1.807) is 6.20 Å². The average Bonchev–Trinajstić information content (AvgIpc) is 2.62. The molecule has 0 atom stereocenters. The molecule has 1 aromatic heterocycles. The summed E-state index contributed by atoms with van der Waals surface area (Å²) in [5, 5.41) is 15.1. The highest BCUT2D eigenvalue weighted by Crippen LogP contribution is 2.23. The quantitative estimate of drug-likeness (QED) is 0.464. The van der Waals surface area contributed by atoms with Gasteiger partial charge in [-0.1, -0.05) is 31.4 Å². The van der Waals surface area contributed by atoms with E-state index in [-0.39, 0.29) is 11.4 Å². The van der Waals surface area contributed by atoms with E-state index < -0.39 is 0 Å². The first-order chi connectivity index (χ1) is 13.0. The van der Waals surface area contributed by atoms with Crippen LogP contribution >= 0.6 is 0 Å². The van der Waals surface area contributed by atoms with Gasteiger partial charge in [0.25, 0.3) is 5.56 Å². The van der Waals surface area contributed by atoms with Gasteiger partial charge in [0.1, 0.15) is 11.4 Å². The fourth-order valence-corrected chi connectivity index (χ4v) is 3.63. The van der Waals surface area contributed by atoms with Crippen molar-refractivity contribution in [1.82, 2.24) is 9.88 Å². The standard InChI is InChI=1S/C21H29N5O/c1-26(2)14-15-7-6-10-17(13-15)25-20(22)19-18(11-12-23-21(19)27)24-16-8-4-3-5-9-16/h6-7,10-13,16H,3-5,8-9,14H2,1-2H3,(H2,22,25)(H2,23,24,27). The van der Waals surface area contributed by atoms with Crippen LogP contribution in [0.3, 0.4) is 0 Å². The van der Waals surface area contributed by atoms with Crippen molar-refractivity contribution < 1.29 is 0 Å². The van der Waals surface area contributed by atoms with Gasteiger partial charge in [-0.2, -0.15) is 0 Å². The number of aromatic nitrogens is 1. The number of benzene rings is 1. The first-order valence-corrected chi connectivity index (χ1v) is 9.61. The van der Waals surface area contributed by atoms with Crippen molar-refractivity contribution in [1.29, 1.82) is 5.41 Å². The molecule has 0 bridgehead atoms. The lowest BCUT2D eigenvalue weighted by Crippen LogP contribution is -2.29. The highest BCUT2D eigenvalue weighted by molar-refractivity contribution is 6.09. The molecule has 0 saturated heterocycles. The van der Waals surface area contributed by atoms with Crippen LogP contribution in [-0.4, -0.2) is 35.9 Å². The molecule has 0 spiro atoms. The van der Waals surface area contributed by atoms with Crippen LogP contribution in [-0.2, 0) is 6.54 Å². The number of hydrogen-bond acceptors (Lipinski definition) is 4. The number of anilines is 2. The molecule has 1 aromatic carbocycles. The van der Waals surface area contributed by atoms with E-state index in [0.29, 0.717) is 11.6 Å². The van der Waals surface area contributed by atoms with Gasteiger partial charge >= 0.3 is 0 Å². The van der Waals surface area contributed by atoms with E-state index in [1.165, 1.54) is 19.3 Å². The number of nitrogens with one attached hydrogen (secondary N) is 4. The third kappa shape index (κ3) is 5.20.